The van der Waals surface area contributed by atoms with Crippen molar-refractivity contribution in [2.75, 3.05) is 6.54 Å². The quantitative estimate of drug-likeness (QED) is 0.857. The maximum atomic E-state index is 12.8. The van der Waals surface area contributed by atoms with Gasteiger partial charge in [0.1, 0.15) is 11.6 Å². The second kappa shape index (κ2) is 6.86. The fourth-order valence-corrected chi connectivity index (χ4v) is 3.42. The fraction of sp³-hybridized carbons (Fsp3) is 0.526. The van der Waals surface area contributed by atoms with Crippen LogP contribution < -0.4 is 5.32 Å². The van der Waals surface area contributed by atoms with Crippen molar-refractivity contribution in [2.45, 2.75) is 51.8 Å². The van der Waals surface area contributed by atoms with Gasteiger partial charge in [0.15, 0.2) is 0 Å². The number of hydrogen-bond acceptors (Lipinski definition) is 4. The molecule has 0 aromatic carbocycles. The third-order valence-corrected chi connectivity index (χ3v) is 4.48. The van der Waals surface area contributed by atoms with Gasteiger partial charge in [0.2, 0.25) is 5.91 Å². The van der Waals surface area contributed by atoms with Gasteiger partial charge in [-0.25, -0.2) is 4.79 Å². The van der Waals surface area contributed by atoms with Gasteiger partial charge in [-0.15, -0.1) is 0 Å². The molecule has 1 saturated heterocycles. The Morgan fingerprint density at radius 2 is 2.20 bits per heavy atom. The number of carbonyl (C=O) groups excluding carboxylic acids is 2. The van der Waals surface area contributed by atoms with Crippen LogP contribution in [0.1, 0.15) is 39.2 Å². The molecule has 25 heavy (non-hydrogen) atoms. The highest BCUT2D eigenvalue weighted by atomic mass is 16.6. The molecule has 2 atom stereocenters. The molecule has 134 valence electrons. The van der Waals surface area contributed by atoms with Crippen LogP contribution in [0.3, 0.4) is 0 Å². The number of likely N-dealkylation sites (tertiary alicyclic amines) is 1. The van der Waals surface area contributed by atoms with Gasteiger partial charge in [0.25, 0.3) is 0 Å². The molecule has 1 aromatic rings. The van der Waals surface area contributed by atoms with Gasteiger partial charge in [-0.1, -0.05) is 12.1 Å². The highest BCUT2D eigenvalue weighted by molar-refractivity contribution is 5.90. The van der Waals surface area contributed by atoms with Crippen molar-refractivity contribution in [3.05, 3.63) is 41.7 Å². The highest BCUT2D eigenvalue weighted by Crippen LogP contribution is 2.38. The standard InChI is InChI=1S/C19H25N3O3/c1-19(2,3)25-18(24)22-12-14-7-4-8-15(14)16(22)17(23)21-11-13-6-5-9-20-10-13/h5-6,8-10,14,16H,4,7,11-12H2,1-3H3,(H,21,23)/t14?,16-/m0/s1. The summed E-state index contributed by atoms with van der Waals surface area (Å²) in [7, 11) is 0. The Hall–Kier alpha value is -2.37. The Kier molecular flexibility index (Phi) is 4.79. The number of fused-ring (bicyclic) bond motifs is 1. The summed E-state index contributed by atoms with van der Waals surface area (Å²) in [4.78, 5) is 31.0. The first kappa shape index (κ1) is 17.5. The Labute approximate surface area is 148 Å². The summed E-state index contributed by atoms with van der Waals surface area (Å²) in [6.07, 6.45) is 7.04. The van der Waals surface area contributed by atoms with Gasteiger partial charge >= 0.3 is 6.09 Å². The number of pyridine rings is 1. The van der Waals surface area contributed by atoms with E-state index < -0.39 is 17.7 Å². The molecule has 1 N–H and O–H groups in total. The van der Waals surface area contributed by atoms with Crippen LogP contribution in [0, 0.1) is 5.92 Å². The molecular weight excluding hydrogens is 318 g/mol. The molecule has 0 saturated carbocycles. The molecule has 6 nitrogen and oxygen atoms in total. The van der Waals surface area contributed by atoms with Crippen molar-refractivity contribution in [1.82, 2.24) is 15.2 Å². The molecule has 0 radical (unpaired) electrons. The number of nitrogens with zero attached hydrogens (tertiary/aromatic N) is 2. The summed E-state index contributed by atoms with van der Waals surface area (Å²) < 4.78 is 5.50. The summed E-state index contributed by atoms with van der Waals surface area (Å²) >= 11 is 0. The van der Waals surface area contributed by atoms with Crippen molar-refractivity contribution in [3.63, 3.8) is 0 Å². The zero-order valence-electron chi connectivity index (χ0n) is 15.0. The van der Waals surface area contributed by atoms with Crippen LogP contribution >= 0.6 is 0 Å². The number of ether oxygens (including phenoxy) is 1. The van der Waals surface area contributed by atoms with Crippen LogP contribution in [-0.4, -0.2) is 40.1 Å². The lowest BCUT2D eigenvalue weighted by Gasteiger charge is -2.28. The second-order valence-corrected chi connectivity index (χ2v) is 7.59. The number of nitrogens with one attached hydrogen (secondary N) is 1. The molecule has 0 bridgehead atoms. The average Bonchev–Trinajstić information content (AvgIpc) is 3.12. The Balaban J connectivity index is 1.72. The van der Waals surface area contributed by atoms with Crippen LogP contribution in [0.25, 0.3) is 0 Å². The maximum Gasteiger partial charge on any atom is 0.411 e. The maximum absolute atomic E-state index is 12.8. The Morgan fingerprint density at radius 1 is 1.40 bits per heavy atom. The smallest absolute Gasteiger partial charge is 0.411 e. The second-order valence-electron chi connectivity index (χ2n) is 7.59. The Morgan fingerprint density at radius 3 is 2.88 bits per heavy atom. The first-order chi connectivity index (χ1) is 11.8. The minimum Gasteiger partial charge on any atom is -0.444 e. The predicted octanol–water partition coefficient (Wildman–Crippen LogP) is 2.65. The summed E-state index contributed by atoms with van der Waals surface area (Å²) in [6, 6.07) is 3.17. The van der Waals surface area contributed by atoms with Crippen molar-refractivity contribution in [3.8, 4) is 0 Å². The molecule has 2 heterocycles. The van der Waals surface area contributed by atoms with E-state index in [-0.39, 0.29) is 11.8 Å². The molecule has 3 rings (SSSR count). The van der Waals surface area contributed by atoms with Crippen LogP contribution in [-0.2, 0) is 16.1 Å². The molecule has 1 fully saturated rings. The molecule has 1 aliphatic heterocycles. The number of allylic oxidation sites excluding steroid dienone is 1. The highest BCUT2D eigenvalue weighted by Gasteiger charge is 2.46. The van der Waals surface area contributed by atoms with Crippen LogP contribution in [0.4, 0.5) is 4.79 Å². The monoisotopic (exact) mass is 343 g/mol. The number of rotatable bonds is 3. The van der Waals surface area contributed by atoms with Crippen molar-refractivity contribution < 1.29 is 14.3 Å². The molecule has 2 aliphatic rings. The molecule has 1 aromatic heterocycles. The molecule has 0 spiro atoms. The minimum atomic E-state index is -0.583. The minimum absolute atomic E-state index is 0.162. The normalized spacial score (nSPS) is 22.4. The zero-order chi connectivity index (χ0) is 18.0. The van der Waals surface area contributed by atoms with E-state index in [2.05, 4.69) is 16.4 Å². The van der Waals surface area contributed by atoms with Crippen LogP contribution in [0.2, 0.25) is 0 Å². The van der Waals surface area contributed by atoms with Gasteiger partial charge in [0, 0.05) is 31.4 Å². The summed E-state index contributed by atoms with van der Waals surface area (Å²) in [6.45, 7) is 6.44. The van der Waals surface area contributed by atoms with Crippen molar-refractivity contribution >= 4 is 12.0 Å². The summed E-state index contributed by atoms with van der Waals surface area (Å²) in [5.74, 6) is 0.104. The topological polar surface area (TPSA) is 71.5 Å². The molecule has 6 heteroatoms. The van der Waals surface area contributed by atoms with E-state index in [1.54, 1.807) is 17.3 Å². The lowest BCUT2D eigenvalue weighted by atomic mass is 10.0. The molecule has 2 amide bonds. The van der Waals surface area contributed by atoms with Crippen LogP contribution in [0.15, 0.2) is 36.2 Å². The summed E-state index contributed by atoms with van der Waals surface area (Å²) in [5, 5.41) is 2.93. The van der Waals surface area contributed by atoms with Gasteiger partial charge in [0.05, 0.1) is 0 Å². The molecule has 1 unspecified atom stereocenters. The number of amides is 2. The summed E-state index contributed by atoms with van der Waals surface area (Å²) in [5.41, 5.74) is 1.39. The lowest BCUT2D eigenvalue weighted by Crippen LogP contribution is -2.48. The van der Waals surface area contributed by atoms with E-state index in [9.17, 15) is 9.59 Å². The van der Waals surface area contributed by atoms with Crippen molar-refractivity contribution in [1.29, 1.82) is 0 Å². The average molecular weight is 343 g/mol. The van der Waals surface area contributed by atoms with E-state index in [1.165, 1.54) is 0 Å². The third kappa shape index (κ3) is 4.00. The molecular formula is C19H25N3O3. The van der Waals surface area contributed by atoms with Crippen molar-refractivity contribution in [2.24, 2.45) is 5.92 Å². The first-order valence-corrected chi connectivity index (χ1v) is 8.71. The van der Waals surface area contributed by atoms with Gasteiger partial charge in [-0.2, -0.15) is 0 Å². The van der Waals surface area contributed by atoms with E-state index in [0.717, 1.165) is 24.0 Å². The zero-order valence-corrected chi connectivity index (χ0v) is 15.0. The largest absolute Gasteiger partial charge is 0.444 e. The number of hydrogen-bond donors (Lipinski definition) is 1. The predicted molar refractivity (Wildman–Crippen MR) is 93.6 cm³/mol. The first-order valence-electron chi connectivity index (χ1n) is 8.71. The van der Waals surface area contributed by atoms with E-state index in [4.69, 9.17) is 4.74 Å². The number of carbonyl (C=O) groups is 2. The van der Waals surface area contributed by atoms with Gasteiger partial charge < -0.3 is 10.1 Å². The number of aromatic nitrogens is 1. The van der Waals surface area contributed by atoms with Gasteiger partial charge in [-0.05, 0) is 50.8 Å². The van der Waals surface area contributed by atoms with Crippen LogP contribution in [0.5, 0.6) is 0 Å². The SMILES string of the molecule is CC(C)(C)OC(=O)N1CC2CCC=C2[C@H]1C(=O)NCc1cccnc1. The van der Waals surface area contributed by atoms with E-state index >= 15 is 0 Å². The molecule has 1 aliphatic carbocycles. The van der Waals surface area contributed by atoms with E-state index in [1.807, 2.05) is 32.9 Å². The third-order valence-electron chi connectivity index (χ3n) is 4.48. The lowest BCUT2D eigenvalue weighted by molar-refractivity contribution is -0.124. The fourth-order valence-electron chi connectivity index (χ4n) is 3.42. The van der Waals surface area contributed by atoms with Gasteiger partial charge in [-0.3, -0.25) is 14.7 Å². The van der Waals surface area contributed by atoms with E-state index in [0.29, 0.717) is 13.1 Å². The Bertz CT molecular complexity index is 679.